The van der Waals surface area contributed by atoms with Crippen LogP contribution in [0.1, 0.15) is 18.2 Å². The summed E-state index contributed by atoms with van der Waals surface area (Å²) in [5.74, 6) is 0.826. The number of hydrogen-bond acceptors (Lipinski definition) is 4. The van der Waals surface area contributed by atoms with Crippen molar-refractivity contribution < 1.29 is 0 Å². The molecule has 1 aromatic heterocycles. The molecule has 14 heavy (non-hydrogen) atoms. The van der Waals surface area contributed by atoms with Gasteiger partial charge >= 0.3 is 0 Å². The first-order valence-electron chi connectivity index (χ1n) is 5.14. The Labute approximate surface area is 89.1 Å². The molecule has 1 saturated heterocycles. The lowest BCUT2D eigenvalue weighted by atomic mass is 10.2. The van der Waals surface area contributed by atoms with Gasteiger partial charge in [0.05, 0.1) is 0 Å². The van der Waals surface area contributed by atoms with Crippen LogP contribution in [0.4, 0.5) is 5.13 Å². The smallest absolute Gasteiger partial charge is 0.185 e. The zero-order valence-electron chi connectivity index (χ0n) is 8.79. The fourth-order valence-corrected chi connectivity index (χ4v) is 2.76. The largest absolute Gasteiger partial charge is 0.348 e. The summed E-state index contributed by atoms with van der Waals surface area (Å²) < 4.78 is 0. The summed E-state index contributed by atoms with van der Waals surface area (Å²) in [6.45, 7) is 5.59. The minimum Gasteiger partial charge on any atom is -0.348 e. The van der Waals surface area contributed by atoms with Crippen LogP contribution in [0.2, 0.25) is 0 Å². The maximum atomic E-state index is 4.46. The van der Waals surface area contributed by atoms with Crippen molar-refractivity contribution in [2.24, 2.45) is 5.92 Å². The van der Waals surface area contributed by atoms with Crippen molar-refractivity contribution in [2.45, 2.75) is 19.9 Å². The number of rotatable bonds is 3. The molecule has 1 aliphatic heterocycles. The SMILES string of the molecule is CNCc1cnc(N2CCC(C)C2)s1. The van der Waals surface area contributed by atoms with E-state index in [0.29, 0.717) is 0 Å². The molecule has 1 unspecified atom stereocenters. The van der Waals surface area contributed by atoms with Crippen LogP contribution in [0.15, 0.2) is 6.20 Å². The lowest BCUT2D eigenvalue weighted by Crippen LogP contribution is -2.18. The molecule has 0 amide bonds. The minimum absolute atomic E-state index is 0.826. The Morgan fingerprint density at radius 3 is 3.21 bits per heavy atom. The van der Waals surface area contributed by atoms with E-state index in [9.17, 15) is 0 Å². The quantitative estimate of drug-likeness (QED) is 0.825. The standard InChI is InChI=1S/C10H17N3S/c1-8-3-4-13(7-8)10-12-6-9(14-10)5-11-2/h6,8,11H,3-5,7H2,1-2H3. The van der Waals surface area contributed by atoms with E-state index >= 15 is 0 Å². The van der Waals surface area contributed by atoms with Crippen LogP contribution in [-0.4, -0.2) is 25.1 Å². The van der Waals surface area contributed by atoms with E-state index < -0.39 is 0 Å². The normalized spacial score (nSPS) is 21.9. The number of nitrogens with one attached hydrogen (secondary N) is 1. The van der Waals surface area contributed by atoms with Crippen molar-refractivity contribution in [3.05, 3.63) is 11.1 Å². The highest BCUT2D eigenvalue weighted by Crippen LogP contribution is 2.27. The first-order valence-corrected chi connectivity index (χ1v) is 5.95. The molecular formula is C10H17N3S. The number of nitrogens with zero attached hydrogens (tertiary/aromatic N) is 2. The van der Waals surface area contributed by atoms with Gasteiger partial charge in [-0.15, -0.1) is 11.3 Å². The highest BCUT2D eigenvalue weighted by molar-refractivity contribution is 7.15. The summed E-state index contributed by atoms with van der Waals surface area (Å²) in [6, 6.07) is 0. The van der Waals surface area contributed by atoms with E-state index in [1.165, 1.54) is 29.5 Å². The molecule has 1 fully saturated rings. The Bertz CT molecular complexity index is 297. The fourth-order valence-electron chi connectivity index (χ4n) is 1.81. The molecule has 3 nitrogen and oxygen atoms in total. The van der Waals surface area contributed by atoms with Crippen LogP contribution in [0.3, 0.4) is 0 Å². The van der Waals surface area contributed by atoms with Gasteiger partial charge in [0.15, 0.2) is 5.13 Å². The van der Waals surface area contributed by atoms with Crippen molar-refractivity contribution >= 4 is 16.5 Å². The molecule has 0 spiro atoms. The molecule has 0 aliphatic carbocycles. The average molecular weight is 211 g/mol. The Hall–Kier alpha value is -0.610. The van der Waals surface area contributed by atoms with Gasteiger partial charge in [-0.25, -0.2) is 4.98 Å². The Morgan fingerprint density at radius 2 is 2.57 bits per heavy atom. The summed E-state index contributed by atoms with van der Waals surface area (Å²) in [4.78, 5) is 8.17. The van der Waals surface area contributed by atoms with Crippen LogP contribution >= 0.6 is 11.3 Å². The molecule has 0 aromatic carbocycles. The maximum absolute atomic E-state index is 4.46. The zero-order chi connectivity index (χ0) is 9.97. The summed E-state index contributed by atoms with van der Waals surface area (Å²) in [6.07, 6.45) is 3.29. The average Bonchev–Trinajstić information content (AvgIpc) is 2.74. The molecule has 2 rings (SSSR count). The van der Waals surface area contributed by atoms with Gasteiger partial charge in [-0.3, -0.25) is 0 Å². The second kappa shape index (κ2) is 4.28. The highest BCUT2D eigenvalue weighted by atomic mass is 32.1. The van der Waals surface area contributed by atoms with Crippen LogP contribution in [0, 0.1) is 5.92 Å². The van der Waals surface area contributed by atoms with Crippen molar-refractivity contribution in [3.8, 4) is 0 Å². The summed E-state index contributed by atoms with van der Waals surface area (Å²) in [5, 5.41) is 4.34. The van der Waals surface area contributed by atoms with E-state index in [4.69, 9.17) is 0 Å². The molecule has 4 heteroatoms. The van der Waals surface area contributed by atoms with E-state index in [1.54, 1.807) is 0 Å². The predicted octanol–water partition coefficient (Wildman–Crippen LogP) is 1.71. The molecular weight excluding hydrogens is 194 g/mol. The lowest BCUT2D eigenvalue weighted by molar-refractivity contribution is 0.659. The molecule has 78 valence electrons. The summed E-state index contributed by atoms with van der Waals surface area (Å²) in [5.41, 5.74) is 0. The first-order chi connectivity index (χ1) is 6.79. The molecule has 1 atom stereocenters. The van der Waals surface area contributed by atoms with Crippen molar-refractivity contribution in [3.63, 3.8) is 0 Å². The second-order valence-electron chi connectivity index (χ2n) is 3.98. The van der Waals surface area contributed by atoms with Gasteiger partial charge in [-0.1, -0.05) is 6.92 Å². The van der Waals surface area contributed by atoms with Gasteiger partial charge in [-0.2, -0.15) is 0 Å². The highest BCUT2D eigenvalue weighted by Gasteiger charge is 2.20. The predicted molar refractivity (Wildman–Crippen MR) is 60.9 cm³/mol. The zero-order valence-corrected chi connectivity index (χ0v) is 9.60. The third-order valence-corrected chi connectivity index (χ3v) is 3.64. The van der Waals surface area contributed by atoms with Crippen LogP contribution in [0.25, 0.3) is 0 Å². The third-order valence-electron chi connectivity index (χ3n) is 2.59. The van der Waals surface area contributed by atoms with Crippen LogP contribution < -0.4 is 10.2 Å². The maximum Gasteiger partial charge on any atom is 0.185 e. The van der Waals surface area contributed by atoms with Gasteiger partial charge in [0.25, 0.3) is 0 Å². The van der Waals surface area contributed by atoms with Crippen LogP contribution in [0.5, 0.6) is 0 Å². The van der Waals surface area contributed by atoms with E-state index in [0.717, 1.165) is 12.5 Å². The van der Waals surface area contributed by atoms with Crippen molar-refractivity contribution in [1.29, 1.82) is 0 Å². The Balaban J connectivity index is 2.02. The van der Waals surface area contributed by atoms with Gasteiger partial charge < -0.3 is 10.2 Å². The number of thiazole rings is 1. The molecule has 0 radical (unpaired) electrons. The second-order valence-corrected chi connectivity index (χ2v) is 5.07. The summed E-state index contributed by atoms with van der Waals surface area (Å²) in [7, 11) is 1.97. The van der Waals surface area contributed by atoms with E-state index in [2.05, 4.69) is 22.1 Å². The van der Waals surface area contributed by atoms with Crippen molar-refractivity contribution in [2.75, 3.05) is 25.0 Å². The number of hydrogen-bond donors (Lipinski definition) is 1. The van der Waals surface area contributed by atoms with Gasteiger partial charge in [0, 0.05) is 30.7 Å². The monoisotopic (exact) mass is 211 g/mol. The third kappa shape index (κ3) is 2.07. The molecule has 1 aromatic rings. The molecule has 1 aliphatic rings. The van der Waals surface area contributed by atoms with Gasteiger partial charge in [0.2, 0.25) is 0 Å². The first kappa shape index (κ1) is 9.93. The van der Waals surface area contributed by atoms with Crippen molar-refractivity contribution in [1.82, 2.24) is 10.3 Å². The lowest BCUT2D eigenvalue weighted by Gasteiger charge is -2.13. The molecule has 1 N–H and O–H groups in total. The Kier molecular flexibility index (Phi) is 3.03. The minimum atomic E-state index is 0.826. The number of anilines is 1. The van der Waals surface area contributed by atoms with Gasteiger partial charge in [0.1, 0.15) is 0 Å². The molecule has 0 saturated carbocycles. The topological polar surface area (TPSA) is 28.2 Å². The van der Waals surface area contributed by atoms with E-state index in [-0.39, 0.29) is 0 Å². The molecule has 2 heterocycles. The van der Waals surface area contributed by atoms with Gasteiger partial charge in [-0.05, 0) is 19.4 Å². The Morgan fingerprint density at radius 1 is 1.71 bits per heavy atom. The fraction of sp³-hybridized carbons (Fsp3) is 0.700. The van der Waals surface area contributed by atoms with Crippen LogP contribution in [-0.2, 0) is 6.54 Å². The number of aromatic nitrogens is 1. The molecule has 0 bridgehead atoms. The summed E-state index contributed by atoms with van der Waals surface area (Å²) >= 11 is 1.81. The van der Waals surface area contributed by atoms with E-state index in [1.807, 2.05) is 24.6 Å².